The van der Waals surface area contributed by atoms with Crippen LogP contribution in [0.15, 0.2) is 23.7 Å². The molecule has 0 unspecified atom stereocenters. The van der Waals surface area contributed by atoms with Crippen LogP contribution in [0.1, 0.15) is 26.5 Å². The van der Waals surface area contributed by atoms with Gasteiger partial charge in [-0.3, -0.25) is 4.79 Å². The van der Waals surface area contributed by atoms with E-state index in [0.29, 0.717) is 21.8 Å². The zero-order valence-corrected chi connectivity index (χ0v) is 12.0. The molecule has 0 aliphatic carbocycles. The summed E-state index contributed by atoms with van der Waals surface area (Å²) in [5.41, 5.74) is 4.72. The topological polar surface area (TPSA) is 62.2 Å². The number of hydrogen-bond acceptors (Lipinski definition) is 4. The molecule has 0 atom stereocenters. The minimum Gasteiger partial charge on any atom is -0.384 e. The lowest BCUT2D eigenvalue weighted by Gasteiger charge is -2.07. The summed E-state index contributed by atoms with van der Waals surface area (Å²) in [5.74, 6) is 5.24. The van der Waals surface area contributed by atoms with Crippen molar-refractivity contribution in [2.45, 2.75) is 13.8 Å². The maximum atomic E-state index is 12.2. The summed E-state index contributed by atoms with van der Waals surface area (Å²) < 4.78 is 0. The number of nitrogens with one attached hydrogen (secondary N) is 1. The Bertz CT molecular complexity index is 695. The summed E-state index contributed by atoms with van der Waals surface area (Å²) >= 11 is 1.30. The third-order valence-corrected chi connectivity index (χ3v) is 3.60. The van der Waals surface area contributed by atoms with Gasteiger partial charge in [0.25, 0.3) is 5.91 Å². The Balaban J connectivity index is 2.29. The zero-order valence-electron chi connectivity index (χ0n) is 11.2. The van der Waals surface area contributed by atoms with E-state index >= 15 is 0 Å². The lowest BCUT2D eigenvalue weighted by atomic mass is 10.1. The number of aromatic nitrogens is 1. The maximum Gasteiger partial charge on any atom is 0.267 e. The molecule has 0 fully saturated rings. The molecule has 2 rings (SSSR count). The molecule has 102 valence electrons. The number of amides is 1. The predicted molar refractivity (Wildman–Crippen MR) is 79.9 cm³/mol. The fraction of sp³-hybridized carbons (Fsp3) is 0.200. The third kappa shape index (κ3) is 3.23. The van der Waals surface area contributed by atoms with Crippen molar-refractivity contribution in [2.24, 2.45) is 0 Å². The van der Waals surface area contributed by atoms with Crippen molar-refractivity contribution in [3.8, 4) is 11.8 Å². The smallest absolute Gasteiger partial charge is 0.267 e. The molecule has 2 aromatic rings. The molecular formula is C15H14N2O2S. The molecule has 5 heteroatoms. The van der Waals surface area contributed by atoms with Crippen molar-refractivity contribution in [3.63, 3.8) is 0 Å². The van der Waals surface area contributed by atoms with Gasteiger partial charge in [0, 0.05) is 5.56 Å². The van der Waals surface area contributed by atoms with Crippen molar-refractivity contribution < 1.29 is 9.90 Å². The van der Waals surface area contributed by atoms with E-state index in [0.717, 1.165) is 5.56 Å². The van der Waals surface area contributed by atoms with Crippen molar-refractivity contribution in [3.05, 3.63) is 45.4 Å². The van der Waals surface area contributed by atoms with Crippen LogP contribution in [0.2, 0.25) is 0 Å². The molecule has 0 radical (unpaired) electrons. The second kappa shape index (κ2) is 6.33. The first kappa shape index (κ1) is 14.3. The standard InChI is InChI=1S/C15H14N2O2S/c1-10-5-6-13(12(8-10)4-3-7-18)17-15(19)14-11(2)16-9-20-14/h5-6,8-9,18H,7H2,1-2H3,(H,17,19). The van der Waals surface area contributed by atoms with Crippen LogP contribution < -0.4 is 5.32 Å². The normalized spacial score (nSPS) is 9.75. The van der Waals surface area contributed by atoms with E-state index in [9.17, 15) is 4.79 Å². The first-order chi connectivity index (χ1) is 9.61. The summed E-state index contributed by atoms with van der Waals surface area (Å²) in [4.78, 5) is 16.8. The monoisotopic (exact) mass is 286 g/mol. The second-order valence-electron chi connectivity index (χ2n) is 4.23. The number of carbonyl (C=O) groups is 1. The number of nitrogens with zero attached hydrogens (tertiary/aromatic N) is 1. The molecule has 2 N–H and O–H groups in total. The summed E-state index contributed by atoms with van der Waals surface area (Å²) in [7, 11) is 0. The van der Waals surface area contributed by atoms with Crippen LogP contribution in [-0.2, 0) is 0 Å². The first-order valence-electron chi connectivity index (χ1n) is 6.03. The van der Waals surface area contributed by atoms with Crippen molar-refractivity contribution in [2.75, 3.05) is 11.9 Å². The fourth-order valence-corrected chi connectivity index (χ4v) is 2.40. The summed E-state index contributed by atoms with van der Waals surface area (Å²) in [5, 5.41) is 11.6. The van der Waals surface area contributed by atoms with Crippen LogP contribution in [0.5, 0.6) is 0 Å². The van der Waals surface area contributed by atoms with Gasteiger partial charge in [0.05, 0.1) is 16.9 Å². The van der Waals surface area contributed by atoms with Crippen LogP contribution in [0.4, 0.5) is 5.69 Å². The molecule has 0 aliphatic rings. The number of hydrogen-bond donors (Lipinski definition) is 2. The van der Waals surface area contributed by atoms with Gasteiger partial charge >= 0.3 is 0 Å². The summed E-state index contributed by atoms with van der Waals surface area (Å²) in [6, 6.07) is 5.59. The minimum absolute atomic E-state index is 0.194. The molecule has 0 aliphatic heterocycles. The van der Waals surface area contributed by atoms with E-state index in [2.05, 4.69) is 22.1 Å². The molecular weight excluding hydrogens is 272 g/mol. The number of carbonyl (C=O) groups excluding carboxylic acids is 1. The Hall–Kier alpha value is -2.16. The first-order valence-corrected chi connectivity index (χ1v) is 6.91. The van der Waals surface area contributed by atoms with Gasteiger partial charge in [-0.15, -0.1) is 11.3 Å². The molecule has 1 aromatic carbocycles. The number of anilines is 1. The van der Waals surface area contributed by atoms with Crippen LogP contribution in [0, 0.1) is 25.7 Å². The number of aliphatic hydroxyl groups is 1. The van der Waals surface area contributed by atoms with E-state index in [-0.39, 0.29) is 12.5 Å². The highest BCUT2D eigenvalue weighted by Crippen LogP contribution is 2.19. The molecule has 1 aromatic heterocycles. The Labute approximate surface area is 121 Å². The number of rotatable bonds is 2. The molecule has 0 spiro atoms. The van der Waals surface area contributed by atoms with Gasteiger partial charge in [-0.2, -0.15) is 0 Å². The van der Waals surface area contributed by atoms with Crippen molar-refractivity contribution >= 4 is 22.9 Å². The quantitative estimate of drug-likeness (QED) is 0.833. The van der Waals surface area contributed by atoms with Gasteiger partial charge in [0.15, 0.2) is 0 Å². The molecule has 4 nitrogen and oxygen atoms in total. The van der Waals surface area contributed by atoms with Crippen LogP contribution in [-0.4, -0.2) is 22.6 Å². The Morgan fingerprint density at radius 2 is 2.25 bits per heavy atom. The van der Waals surface area contributed by atoms with Gasteiger partial charge < -0.3 is 10.4 Å². The number of aryl methyl sites for hydroxylation is 2. The van der Waals surface area contributed by atoms with Crippen molar-refractivity contribution in [1.82, 2.24) is 4.98 Å². The Kier molecular flexibility index (Phi) is 4.51. The fourth-order valence-electron chi connectivity index (χ4n) is 1.70. The molecule has 1 amide bonds. The van der Waals surface area contributed by atoms with E-state index in [1.54, 1.807) is 12.4 Å². The van der Waals surface area contributed by atoms with Gasteiger partial charge in [0.1, 0.15) is 11.5 Å². The van der Waals surface area contributed by atoms with Crippen molar-refractivity contribution in [1.29, 1.82) is 0 Å². The van der Waals surface area contributed by atoms with Gasteiger partial charge in [-0.25, -0.2) is 4.98 Å². The summed E-state index contributed by atoms with van der Waals surface area (Å²) in [6.07, 6.45) is 0. The van der Waals surface area contributed by atoms with E-state index < -0.39 is 0 Å². The van der Waals surface area contributed by atoms with Crippen LogP contribution in [0.3, 0.4) is 0 Å². The van der Waals surface area contributed by atoms with Crippen LogP contribution >= 0.6 is 11.3 Å². The largest absolute Gasteiger partial charge is 0.384 e. The van der Waals surface area contributed by atoms with E-state index in [4.69, 9.17) is 5.11 Å². The second-order valence-corrected chi connectivity index (χ2v) is 5.08. The average Bonchev–Trinajstić information content (AvgIpc) is 2.85. The highest BCUT2D eigenvalue weighted by atomic mass is 32.1. The molecule has 0 bridgehead atoms. The third-order valence-electron chi connectivity index (χ3n) is 2.68. The van der Waals surface area contributed by atoms with E-state index in [1.807, 2.05) is 25.1 Å². The highest BCUT2D eigenvalue weighted by Gasteiger charge is 2.13. The molecule has 20 heavy (non-hydrogen) atoms. The minimum atomic E-state index is -0.213. The lowest BCUT2D eigenvalue weighted by molar-refractivity contribution is 0.103. The van der Waals surface area contributed by atoms with Gasteiger partial charge in [-0.1, -0.05) is 17.9 Å². The van der Waals surface area contributed by atoms with E-state index in [1.165, 1.54) is 11.3 Å². The van der Waals surface area contributed by atoms with Gasteiger partial charge in [-0.05, 0) is 31.5 Å². The molecule has 1 heterocycles. The number of thiazole rings is 1. The Morgan fingerprint density at radius 1 is 1.45 bits per heavy atom. The SMILES string of the molecule is Cc1ccc(NC(=O)c2scnc2C)c(C#CCO)c1. The Morgan fingerprint density at radius 3 is 2.90 bits per heavy atom. The summed E-state index contributed by atoms with van der Waals surface area (Å²) in [6.45, 7) is 3.53. The number of aliphatic hydroxyl groups excluding tert-OH is 1. The molecule has 0 saturated heterocycles. The average molecular weight is 286 g/mol. The predicted octanol–water partition coefficient (Wildman–Crippen LogP) is 2.36. The lowest BCUT2D eigenvalue weighted by Crippen LogP contribution is -2.12. The zero-order chi connectivity index (χ0) is 14.5. The van der Waals surface area contributed by atoms with Gasteiger partial charge in [0.2, 0.25) is 0 Å². The maximum absolute atomic E-state index is 12.2. The highest BCUT2D eigenvalue weighted by molar-refractivity contribution is 7.12. The molecule has 0 saturated carbocycles. The van der Waals surface area contributed by atoms with Crippen LogP contribution in [0.25, 0.3) is 0 Å². The number of benzene rings is 1.